The van der Waals surface area contributed by atoms with Gasteiger partial charge in [-0.1, -0.05) is 0 Å². The highest BCUT2D eigenvalue weighted by molar-refractivity contribution is 7.07. The predicted octanol–water partition coefficient (Wildman–Crippen LogP) is 2.09. The van der Waals surface area contributed by atoms with Crippen LogP contribution in [-0.2, 0) is 0 Å². The number of nitrogens with two attached hydrogens (primary N) is 1. The van der Waals surface area contributed by atoms with Gasteiger partial charge < -0.3 is 10.6 Å². The summed E-state index contributed by atoms with van der Waals surface area (Å²) in [5.74, 6) is 0.681. The summed E-state index contributed by atoms with van der Waals surface area (Å²) in [5.41, 5.74) is 7.57. The van der Waals surface area contributed by atoms with E-state index in [4.69, 9.17) is 5.73 Å². The molecule has 0 aromatic carbocycles. The normalized spacial score (nSPS) is 22.4. The molecule has 2 rings (SSSR count). The molecule has 0 saturated carbocycles. The quantitative estimate of drug-likeness (QED) is 0.810. The third-order valence-electron chi connectivity index (χ3n) is 3.20. The molecule has 1 unspecified atom stereocenters. The Morgan fingerprint density at radius 1 is 1.50 bits per heavy atom. The smallest absolute Gasteiger partial charge is 0.0332 e. The minimum absolute atomic E-state index is 0.259. The Bertz CT molecular complexity index is 263. The Balaban J connectivity index is 1.95. The fraction of sp³-hybridized carbons (Fsp3) is 0.636. The van der Waals surface area contributed by atoms with Gasteiger partial charge in [0.15, 0.2) is 0 Å². The summed E-state index contributed by atoms with van der Waals surface area (Å²) in [6.45, 7) is 2.39. The first-order valence-electron chi connectivity index (χ1n) is 5.23. The number of piperidine rings is 1. The second-order valence-corrected chi connectivity index (χ2v) is 5.00. The van der Waals surface area contributed by atoms with E-state index in [0.29, 0.717) is 5.92 Å². The predicted molar refractivity (Wildman–Crippen MR) is 61.5 cm³/mol. The maximum Gasteiger partial charge on any atom is 0.0332 e. The summed E-state index contributed by atoms with van der Waals surface area (Å²) in [6, 6.07) is 2.42. The number of thiophene rings is 1. The maximum absolute atomic E-state index is 6.25. The van der Waals surface area contributed by atoms with Crippen molar-refractivity contribution in [2.75, 3.05) is 20.1 Å². The molecule has 14 heavy (non-hydrogen) atoms. The number of hydrogen-bond acceptors (Lipinski definition) is 3. The lowest BCUT2D eigenvalue weighted by molar-refractivity contribution is 0.199. The Kier molecular flexibility index (Phi) is 3.21. The minimum Gasteiger partial charge on any atom is -0.324 e. The van der Waals surface area contributed by atoms with Gasteiger partial charge in [-0.2, -0.15) is 11.3 Å². The molecule has 2 nitrogen and oxygen atoms in total. The van der Waals surface area contributed by atoms with Gasteiger partial charge in [0.25, 0.3) is 0 Å². The summed E-state index contributed by atoms with van der Waals surface area (Å²) < 4.78 is 0. The van der Waals surface area contributed by atoms with Crippen LogP contribution in [0.4, 0.5) is 0 Å². The van der Waals surface area contributed by atoms with E-state index < -0.39 is 0 Å². The van der Waals surface area contributed by atoms with E-state index in [0.717, 1.165) is 0 Å². The summed E-state index contributed by atoms with van der Waals surface area (Å²) in [7, 11) is 2.19. The van der Waals surface area contributed by atoms with Crippen LogP contribution >= 0.6 is 11.3 Å². The van der Waals surface area contributed by atoms with E-state index in [1.54, 1.807) is 11.3 Å². The standard InChI is InChI=1S/C11H18N2S/c1-13-5-2-9(3-6-13)11(12)10-4-7-14-8-10/h4,7-9,11H,2-3,5-6,12H2,1H3. The Morgan fingerprint density at radius 2 is 2.21 bits per heavy atom. The molecular weight excluding hydrogens is 192 g/mol. The summed E-state index contributed by atoms with van der Waals surface area (Å²) in [4.78, 5) is 2.39. The first-order chi connectivity index (χ1) is 6.77. The first kappa shape index (κ1) is 10.1. The molecule has 3 heteroatoms. The first-order valence-corrected chi connectivity index (χ1v) is 6.18. The highest BCUT2D eigenvalue weighted by atomic mass is 32.1. The SMILES string of the molecule is CN1CCC(C(N)c2ccsc2)CC1. The van der Waals surface area contributed by atoms with Crippen LogP contribution in [0.5, 0.6) is 0 Å². The van der Waals surface area contributed by atoms with E-state index in [2.05, 4.69) is 28.8 Å². The van der Waals surface area contributed by atoms with Gasteiger partial charge in [-0.25, -0.2) is 0 Å². The van der Waals surface area contributed by atoms with E-state index in [9.17, 15) is 0 Å². The van der Waals surface area contributed by atoms with Crippen LogP contribution in [-0.4, -0.2) is 25.0 Å². The zero-order valence-corrected chi connectivity index (χ0v) is 9.46. The highest BCUT2D eigenvalue weighted by Crippen LogP contribution is 2.29. The number of rotatable bonds is 2. The van der Waals surface area contributed by atoms with Crippen molar-refractivity contribution in [1.29, 1.82) is 0 Å². The lowest BCUT2D eigenvalue weighted by Gasteiger charge is -2.32. The van der Waals surface area contributed by atoms with Gasteiger partial charge in [0.05, 0.1) is 0 Å². The van der Waals surface area contributed by atoms with E-state index in [1.165, 1.54) is 31.5 Å². The molecule has 1 saturated heterocycles. The molecule has 1 atom stereocenters. The third-order valence-corrected chi connectivity index (χ3v) is 3.90. The lowest BCUT2D eigenvalue weighted by Crippen LogP contribution is -2.35. The topological polar surface area (TPSA) is 29.3 Å². The van der Waals surface area contributed by atoms with Crippen LogP contribution < -0.4 is 5.73 Å². The zero-order chi connectivity index (χ0) is 9.97. The molecule has 0 radical (unpaired) electrons. The molecule has 0 spiro atoms. The Labute approximate surface area is 89.7 Å². The molecule has 0 bridgehead atoms. The minimum atomic E-state index is 0.259. The van der Waals surface area contributed by atoms with Crippen LogP contribution in [0.3, 0.4) is 0 Å². The van der Waals surface area contributed by atoms with Crippen LogP contribution in [0.25, 0.3) is 0 Å². The molecule has 1 aromatic heterocycles. The number of nitrogens with zero attached hydrogens (tertiary/aromatic N) is 1. The van der Waals surface area contributed by atoms with Crippen molar-refractivity contribution in [3.63, 3.8) is 0 Å². The van der Waals surface area contributed by atoms with E-state index in [-0.39, 0.29) is 6.04 Å². The van der Waals surface area contributed by atoms with Gasteiger partial charge in [-0.3, -0.25) is 0 Å². The molecule has 78 valence electrons. The summed E-state index contributed by atoms with van der Waals surface area (Å²) >= 11 is 1.74. The van der Waals surface area contributed by atoms with Crippen molar-refractivity contribution in [2.24, 2.45) is 11.7 Å². The number of likely N-dealkylation sites (tertiary alicyclic amines) is 1. The third kappa shape index (κ3) is 2.16. The van der Waals surface area contributed by atoms with Crippen LogP contribution in [0.15, 0.2) is 16.8 Å². The highest BCUT2D eigenvalue weighted by Gasteiger charge is 2.23. The Hall–Kier alpha value is -0.380. The van der Waals surface area contributed by atoms with Gasteiger partial charge in [-0.15, -0.1) is 0 Å². The van der Waals surface area contributed by atoms with E-state index >= 15 is 0 Å². The second-order valence-electron chi connectivity index (χ2n) is 4.22. The average Bonchev–Trinajstić information content (AvgIpc) is 2.71. The molecule has 0 aliphatic carbocycles. The van der Waals surface area contributed by atoms with Crippen molar-refractivity contribution in [2.45, 2.75) is 18.9 Å². The fourth-order valence-electron chi connectivity index (χ4n) is 2.12. The number of hydrogen-bond donors (Lipinski definition) is 1. The van der Waals surface area contributed by atoms with Gasteiger partial charge in [-0.05, 0) is 61.3 Å². The molecule has 1 aliphatic rings. The average molecular weight is 210 g/mol. The van der Waals surface area contributed by atoms with Gasteiger partial charge in [0.2, 0.25) is 0 Å². The molecule has 2 N–H and O–H groups in total. The molecule has 1 aliphatic heterocycles. The van der Waals surface area contributed by atoms with Gasteiger partial charge in [0, 0.05) is 6.04 Å². The molecule has 1 fully saturated rings. The zero-order valence-electron chi connectivity index (χ0n) is 8.65. The van der Waals surface area contributed by atoms with E-state index in [1.807, 2.05) is 0 Å². The molecular formula is C11H18N2S. The lowest BCUT2D eigenvalue weighted by atomic mass is 9.87. The van der Waals surface area contributed by atoms with Gasteiger partial charge >= 0.3 is 0 Å². The van der Waals surface area contributed by atoms with Crippen molar-refractivity contribution in [3.05, 3.63) is 22.4 Å². The maximum atomic E-state index is 6.25. The monoisotopic (exact) mass is 210 g/mol. The van der Waals surface area contributed by atoms with Crippen LogP contribution in [0.2, 0.25) is 0 Å². The molecule has 2 heterocycles. The largest absolute Gasteiger partial charge is 0.324 e. The van der Waals surface area contributed by atoms with Gasteiger partial charge in [0.1, 0.15) is 0 Å². The van der Waals surface area contributed by atoms with Crippen molar-refractivity contribution < 1.29 is 0 Å². The van der Waals surface area contributed by atoms with Crippen molar-refractivity contribution >= 4 is 11.3 Å². The van der Waals surface area contributed by atoms with Crippen molar-refractivity contribution in [1.82, 2.24) is 4.90 Å². The van der Waals surface area contributed by atoms with Crippen molar-refractivity contribution in [3.8, 4) is 0 Å². The summed E-state index contributed by atoms with van der Waals surface area (Å²) in [6.07, 6.45) is 2.49. The fourth-order valence-corrected chi connectivity index (χ4v) is 2.83. The molecule has 1 aromatic rings. The molecule has 0 amide bonds. The second kappa shape index (κ2) is 4.43. The van der Waals surface area contributed by atoms with Crippen LogP contribution in [0, 0.1) is 5.92 Å². The summed E-state index contributed by atoms with van der Waals surface area (Å²) in [5, 5.41) is 4.30. The van der Waals surface area contributed by atoms with Crippen LogP contribution in [0.1, 0.15) is 24.4 Å². The Morgan fingerprint density at radius 3 is 2.79 bits per heavy atom.